The van der Waals surface area contributed by atoms with Crippen LogP contribution in [0.15, 0.2) is 53.4 Å². The number of thioether (sulfide) groups is 1. The quantitative estimate of drug-likeness (QED) is 0.781. The van der Waals surface area contributed by atoms with Gasteiger partial charge >= 0.3 is 0 Å². The molecule has 0 bridgehead atoms. The zero-order valence-electron chi connectivity index (χ0n) is 14.7. The lowest BCUT2D eigenvalue weighted by atomic mass is 10.2. The van der Waals surface area contributed by atoms with E-state index in [9.17, 15) is 13.2 Å². The zero-order valence-corrected chi connectivity index (χ0v) is 16.3. The second-order valence-corrected chi connectivity index (χ2v) is 8.47. The van der Waals surface area contributed by atoms with Gasteiger partial charge in [0.15, 0.2) is 0 Å². The first-order chi connectivity index (χ1) is 11.7. The van der Waals surface area contributed by atoms with Crippen LogP contribution in [0.1, 0.15) is 12.5 Å². The predicted molar refractivity (Wildman–Crippen MR) is 105 cm³/mol. The van der Waals surface area contributed by atoms with Gasteiger partial charge in [-0.25, -0.2) is 8.42 Å². The van der Waals surface area contributed by atoms with E-state index in [0.29, 0.717) is 11.4 Å². The Morgan fingerprint density at radius 2 is 1.72 bits per heavy atom. The molecule has 0 aliphatic carbocycles. The fourth-order valence-corrected chi connectivity index (χ4v) is 4.21. The molecule has 1 unspecified atom stereocenters. The van der Waals surface area contributed by atoms with Crippen molar-refractivity contribution in [2.75, 3.05) is 22.1 Å². The average Bonchev–Trinajstić information content (AvgIpc) is 2.56. The highest BCUT2D eigenvalue weighted by atomic mass is 32.2. The largest absolute Gasteiger partial charge is 0.323 e. The Balaban J connectivity index is 2.31. The second-order valence-electron chi connectivity index (χ2n) is 5.76. The molecule has 1 atom stereocenters. The lowest BCUT2D eigenvalue weighted by Crippen LogP contribution is -2.45. The molecule has 134 valence electrons. The van der Waals surface area contributed by atoms with Crippen LogP contribution in [0.25, 0.3) is 0 Å². The van der Waals surface area contributed by atoms with Gasteiger partial charge in [-0.15, -0.1) is 11.8 Å². The average molecular weight is 379 g/mol. The van der Waals surface area contributed by atoms with Crippen LogP contribution >= 0.6 is 11.8 Å². The fourth-order valence-electron chi connectivity index (χ4n) is 2.49. The number of rotatable bonds is 6. The standard InChI is InChI=1S/C18H22N2O3S2/c1-13-9-11-15(12-10-13)20(25(4,22)23)14(2)18(21)19-16-7-5-6-8-17(16)24-3/h5-12,14H,1-4H3,(H,19,21). The van der Waals surface area contributed by atoms with E-state index in [4.69, 9.17) is 0 Å². The number of hydrogen-bond donors (Lipinski definition) is 1. The van der Waals surface area contributed by atoms with Crippen LogP contribution in [0.5, 0.6) is 0 Å². The number of carbonyl (C=O) groups excluding carboxylic acids is 1. The second kappa shape index (κ2) is 7.93. The molecular weight excluding hydrogens is 356 g/mol. The highest BCUT2D eigenvalue weighted by Gasteiger charge is 2.29. The number of anilines is 2. The van der Waals surface area contributed by atoms with Crippen molar-refractivity contribution in [3.63, 3.8) is 0 Å². The summed E-state index contributed by atoms with van der Waals surface area (Å²) in [4.78, 5) is 13.6. The van der Waals surface area contributed by atoms with Gasteiger partial charge in [-0.2, -0.15) is 0 Å². The normalized spacial score (nSPS) is 12.5. The van der Waals surface area contributed by atoms with Gasteiger partial charge in [0.2, 0.25) is 15.9 Å². The first-order valence-corrected chi connectivity index (χ1v) is 10.8. The Morgan fingerprint density at radius 1 is 1.12 bits per heavy atom. The summed E-state index contributed by atoms with van der Waals surface area (Å²) in [5.41, 5.74) is 2.15. The van der Waals surface area contributed by atoms with E-state index < -0.39 is 16.1 Å². The Morgan fingerprint density at radius 3 is 2.28 bits per heavy atom. The van der Waals surface area contributed by atoms with E-state index in [1.807, 2.05) is 43.5 Å². The SMILES string of the molecule is CSc1ccccc1NC(=O)C(C)N(c1ccc(C)cc1)S(C)(=O)=O. The minimum atomic E-state index is -3.62. The minimum absolute atomic E-state index is 0.382. The molecule has 7 heteroatoms. The summed E-state index contributed by atoms with van der Waals surface area (Å²) in [7, 11) is -3.62. The van der Waals surface area contributed by atoms with Crippen molar-refractivity contribution in [1.82, 2.24) is 0 Å². The molecule has 2 aromatic carbocycles. The van der Waals surface area contributed by atoms with Crippen molar-refractivity contribution in [1.29, 1.82) is 0 Å². The molecular formula is C18H22N2O3S2. The van der Waals surface area contributed by atoms with Gasteiger partial charge in [0.05, 0.1) is 17.6 Å². The predicted octanol–water partition coefficient (Wildman–Crippen LogP) is 3.51. The Kier molecular flexibility index (Phi) is 6.13. The molecule has 5 nitrogen and oxygen atoms in total. The maximum Gasteiger partial charge on any atom is 0.248 e. The molecule has 25 heavy (non-hydrogen) atoms. The molecule has 0 aromatic heterocycles. The third kappa shape index (κ3) is 4.76. The van der Waals surface area contributed by atoms with Crippen LogP contribution < -0.4 is 9.62 Å². The van der Waals surface area contributed by atoms with Gasteiger partial charge in [-0.05, 0) is 44.4 Å². The molecule has 0 aliphatic heterocycles. The lowest BCUT2D eigenvalue weighted by Gasteiger charge is -2.28. The summed E-state index contributed by atoms with van der Waals surface area (Å²) in [5.74, 6) is -0.382. The Hall–Kier alpha value is -1.99. The maximum absolute atomic E-state index is 12.7. The Labute approximate surface area is 153 Å². The number of aryl methyl sites for hydroxylation is 1. The summed E-state index contributed by atoms with van der Waals surface area (Å²) < 4.78 is 25.7. The van der Waals surface area contributed by atoms with Crippen molar-refractivity contribution in [3.05, 3.63) is 54.1 Å². The van der Waals surface area contributed by atoms with Crippen molar-refractivity contribution in [2.24, 2.45) is 0 Å². The minimum Gasteiger partial charge on any atom is -0.323 e. The summed E-state index contributed by atoms with van der Waals surface area (Å²) in [6.45, 7) is 3.50. The van der Waals surface area contributed by atoms with Gasteiger partial charge in [0, 0.05) is 4.90 Å². The number of sulfonamides is 1. The third-order valence-electron chi connectivity index (χ3n) is 3.74. The van der Waals surface area contributed by atoms with E-state index >= 15 is 0 Å². The fraction of sp³-hybridized carbons (Fsp3) is 0.278. The molecule has 2 aromatic rings. The number of hydrogen-bond acceptors (Lipinski definition) is 4. The summed E-state index contributed by atoms with van der Waals surface area (Å²) >= 11 is 1.51. The van der Waals surface area contributed by atoms with E-state index in [2.05, 4.69) is 5.32 Å². The van der Waals surface area contributed by atoms with Gasteiger partial charge in [-0.3, -0.25) is 9.10 Å². The van der Waals surface area contributed by atoms with Gasteiger partial charge in [0.1, 0.15) is 6.04 Å². The van der Waals surface area contributed by atoms with E-state index in [0.717, 1.165) is 21.0 Å². The number of benzene rings is 2. The van der Waals surface area contributed by atoms with E-state index in [-0.39, 0.29) is 5.91 Å². The molecule has 0 fully saturated rings. The van der Waals surface area contributed by atoms with E-state index in [1.54, 1.807) is 25.1 Å². The summed E-state index contributed by atoms with van der Waals surface area (Å²) in [5, 5.41) is 2.83. The lowest BCUT2D eigenvalue weighted by molar-refractivity contribution is -0.116. The molecule has 2 rings (SSSR count). The molecule has 0 radical (unpaired) electrons. The molecule has 0 aliphatic rings. The van der Waals surface area contributed by atoms with Crippen LogP contribution in [-0.2, 0) is 14.8 Å². The topological polar surface area (TPSA) is 66.5 Å². The smallest absolute Gasteiger partial charge is 0.248 e. The van der Waals surface area contributed by atoms with Crippen molar-refractivity contribution < 1.29 is 13.2 Å². The monoisotopic (exact) mass is 378 g/mol. The molecule has 1 N–H and O–H groups in total. The van der Waals surface area contributed by atoms with Crippen LogP contribution in [0.2, 0.25) is 0 Å². The first kappa shape index (κ1) is 19.3. The maximum atomic E-state index is 12.7. The molecule has 0 saturated heterocycles. The van der Waals surface area contributed by atoms with Gasteiger partial charge in [0.25, 0.3) is 0 Å². The number of nitrogens with zero attached hydrogens (tertiary/aromatic N) is 1. The first-order valence-electron chi connectivity index (χ1n) is 7.74. The Bertz CT molecular complexity index is 849. The van der Waals surface area contributed by atoms with Crippen molar-refractivity contribution in [2.45, 2.75) is 24.8 Å². The van der Waals surface area contributed by atoms with Crippen molar-refractivity contribution in [3.8, 4) is 0 Å². The summed E-state index contributed by atoms with van der Waals surface area (Å²) in [6, 6.07) is 13.6. The number of amides is 1. The highest BCUT2D eigenvalue weighted by molar-refractivity contribution is 7.98. The number of nitrogens with one attached hydrogen (secondary N) is 1. The molecule has 0 saturated carbocycles. The van der Waals surface area contributed by atoms with Gasteiger partial charge < -0.3 is 5.32 Å². The van der Waals surface area contributed by atoms with Crippen LogP contribution in [-0.4, -0.2) is 32.9 Å². The highest BCUT2D eigenvalue weighted by Crippen LogP contribution is 2.26. The molecule has 0 spiro atoms. The number of carbonyl (C=O) groups is 1. The van der Waals surface area contributed by atoms with E-state index in [1.165, 1.54) is 11.8 Å². The zero-order chi connectivity index (χ0) is 18.6. The van der Waals surface area contributed by atoms with Crippen molar-refractivity contribution >= 4 is 39.1 Å². The third-order valence-corrected chi connectivity index (χ3v) is 5.78. The van der Waals surface area contributed by atoms with Crippen LogP contribution in [0, 0.1) is 6.92 Å². The molecule has 1 amide bonds. The summed E-state index contributed by atoms with van der Waals surface area (Å²) in [6.07, 6.45) is 3.02. The van der Waals surface area contributed by atoms with Gasteiger partial charge in [-0.1, -0.05) is 29.8 Å². The number of para-hydroxylation sites is 1. The molecule has 0 heterocycles. The van der Waals surface area contributed by atoms with Crippen LogP contribution in [0.4, 0.5) is 11.4 Å². The van der Waals surface area contributed by atoms with Crippen LogP contribution in [0.3, 0.4) is 0 Å².